The predicted molar refractivity (Wildman–Crippen MR) is 85.7 cm³/mol. The zero-order chi connectivity index (χ0) is 15.2. The van der Waals surface area contributed by atoms with Gasteiger partial charge in [-0.15, -0.1) is 5.73 Å². The van der Waals surface area contributed by atoms with Crippen molar-refractivity contribution in [3.05, 3.63) is 42.2 Å². The first kappa shape index (κ1) is 15.9. The van der Waals surface area contributed by atoms with Crippen LogP contribution in [0.15, 0.2) is 42.2 Å². The molecule has 3 unspecified atom stereocenters. The molecule has 3 atom stereocenters. The molecule has 1 aliphatic heterocycles. The molecule has 0 N–H and O–H groups in total. The van der Waals surface area contributed by atoms with Crippen molar-refractivity contribution in [1.29, 1.82) is 0 Å². The molecule has 1 fully saturated rings. The van der Waals surface area contributed by atoms with E-state index in [-0.39, 0.29) is 11.9 Å². The number of cyclic esters (lactones) is 1. The van der Waals surface area contributed by atoms with E-state index < -0.39 is 0 Å². The molecule has 0 aromatic heterocycles. The van der Waals surface area contributed by atoms with Crippen LogP contribution in [-0.2, 0) is 9.53 Å². The van der Waals surface area contributed by atoms with Gasteiger partial charge in [0.05, 0.1) is 12.5 Å². The zero-order valence-electron chi connectivity index (χ0n) is 13.1. The Morgan fingerprint density at radius 2 is 2.29 bits per heavy atom. The van der Waals surface area contributed by atoms with Gasteiger partial charge < -0.3 is 4.74 Å². The van der Waals surface area contributed by atoms with E-state index in [1.165, 1.54) is 11.1 Å². The van der Waals surface area contributed by atoms with Gasteiger partial charge in [-0.3, -0.25) is 4.79 Å². The highest BCUT2D eigenvalue weighted by Gasteiger charge is 2.40. The predicted octanol–water partition coefficient (Wildman–Crippen LogP) is 4.59. The Bertz CT molecular complexity index is 480. The highest BCUT2D eigenvalue weighted by molar-refractivity contribution is 5.73. The highest BCUT2D eigenvalue weighted by atomic mass is 16.5. The fourth-order valence-electron chi connectivity index (χ4n) is 3.56. The maximum atomic E-state index is 12.2. The van der Waals surface area contributed by atoms with Crippen LogP contribution in [0.3, 0.4) is 0 Å². The lowest BCUT2D eigenvalue weighted by Crippen LogP contribution is -2.40. The second-order valence-corrected chi connectivity index (χ2v) is 6.28. The summed E-state index contributed by atoms with van der Waals surface area (Å²) in [5.41, 5.74) is 5.48. The molecule has 2 heteroatoms. The minimum Gasteiger partial charge on any atom is -0.465 e. The van der Waals surface area contributed by atoms with Gasteiger partial charge in [0.15, 0.2) is 0 Å². The van der Waals surface area contributed by atoms with E-state index in [2.05, 4.69) is 31.9 Å². The quantitative estimate of drug-likeness (QED) is 0.431. The molecule has 2 nitrogen and oxygen atoms in total. The van der Waals surface area contributed by atoms with Gasteiger partial charge in [-0.1, -0.05) is 30.4 Å². The van der Waals surface area contributed by atoms with Crippen molar-refractivity contribution in [2.75, 3.05) is 6.61 Å². The number of carbonyl (C=O) groups excluding carboxylic acids is 1. The molecule has 1 aliphatic carbocycles. The molecule has 0 aromatic carbocycles. The average Bonchev–Trinajstić information content (AvgIpc) is 2.52. The molecule has 2 aliphatic rings. The third kappa shape index (κ3) is 3.98. The van der Waals surface area contributed by atoms with Crippen LogP contribution in [0.1, 0.15) is 45.4 Å². The van der Waals surface area contributed by atoms with Gasteiger partial charge >= 0.3 is 5.97 Å². The molecule has 0 amide bonds. The third-order valence-corrected chi connectivity index (χ3v) is 4.86. The van der Waals surface area contributed by atoms with E-state index in [0.717, 1.165) is 38.5 Å². The number of allylic oxidation sites excluding steroid dienone is 3. The van der Waals surface area contributed by atoms with Crippen molar-refractivity contribution in [2.24, 2.45) is 17.8 Å². The second kappa shape index (κ2) is 7.47. The van der Waals surface area contributed by atoms with Crippen molar-refractivity contribution >= 4 is 5.97 Å². The summed E-state index contributed by atoms with van der Waals surface area (Å²) in [6, 6.07) is 0. The van der Waals surface area contributed by atoms with E-state index in [0.29, 0.717) is 18.4 Å². The Balaban J connectivity index is 2.18. The Morgan fingerprint density at radius 1 is 1.48 bits per heavy atom. The Labute approximate surface area is 128 Å². The van der Waals surface area contributed by atoms with Crippen molar-refractivity contribution in [3.63, 3.8) is 0 Å². The summed E-state index contributed by atoms with van der Waals surface area (Å²) in [6.07, 6.45) is 10.1. The maximum Gasteiger partial charge on any atom is 0.309 e. The molecular weight excluding hydrogens is 260 g/mol. The summed E-state index contributed by atoms with van der Waals surface area (Å²) in [6.45, 7) is 10.6. The third-order valence-electron chi connectivity index (χ3n) is 4.86. The molecule has 1 heterocycles. The van der Waals surface area contributed by atoms with Gasteiger partial charge in [-0.2, -0.15) is 0 Å². The average molecular weight is 286 g/mol. The maximum absolute atomic E-state index is 12.2. The standard InChI is InChI=1S/C19H26O2/c1-4-5-6-10-17-16-12-11-14(2)8-7-9-15(3)18(16)13-21-19(17)20/h5,8,16-18H,1,3,6-7,9-13H2,2H3. The van der Waals surface area contributed by atoms with Crippen LogP contribution >= 0.6 is 0 Å². The van der Waals surface area contributed by atoms with E-state index in [1.807, 2.05) is 6.08 Å². The van der Waals surface area contributed by atoms with Gasteiger partial charge in [0.1, 0.15) is 0 Å². The number of carbonyl (C=O) groups is 1. The van der Waals surface area contributed by atoms with Crippen molar-refractivity contribution in [3.8, 4) is 0 Å². The molecule has 2 rings (SSSR count). The van der Waals surface area contributed by atoms with E-state index >= 15 is 0 Å². The largest absolute Gasteiger partial charge is 0.465 e. The van der Waals surface area contributed by atoms with Gasteiger partial charge in [0.2, 0.25) is 0 Å². The minimum absolute atomic E-state index is 0.00370. The fraction of sp³-hybridized carbons (Fsp3) is 0.579. The molecule has 0 bridgehead atoms. The number of hydrogen-bond acceptors (Lipinski definition) is 2. The summed E-state index contributed by atoms with van der Waals surface area (Å²) in [4.78, 5) is 12.2. The zero-order valence-corrected chi connectivity index (χ0v) is 13.1. The van der Waals surface area contributed by atoms with Gasteiger partial charge in [-0.05, 0) is 57.4 Å². The molecular formula is C19H26O2. The molecule has 21 heavy (non-hydrogen) atoms. The smallest absolute Gasteiger partial charge is 0.309 e. The summed E-state index contributed by atoms with van der Waals surface area (Å²) >= 11 is 0. The van der Waals surface area contributed by atoms with Gasteiger partial charge in [0, 0.05) is 5.92 Å². The molecule has 114 valence electrons. The normalized spacial score (nSPS) is 30.0. The molecule has 0 spiro atoms. The lowest BCUT2D eigenvalue weighted by molar-refractivity contribution is -0.160. The van der Waals surface area contributed by atoms with Crippen molar-refractivity contribution < 1.29 is 9.53 Å². The summed E-state index contributed by atoms with van der Waals surface area (Å²) in [5.74, 6) is 0.677. The monoisotopic (exact) mass is 286 g/mol. The number of ether oxygens (including phenoxy) is 1. The van der Waals surface area contributed by atoms with Gasteiger partial charge in [0.25, 0.3) is 0 Å². The van der Waals surface area contributed by atoms with Gasteiger partial charge in [-0.25, -0.2) is 0 Å². The van der Waals surface area contributed by atoms with E-state index in [1.54, 1.807) is 0 Å². The van der Waals surface area contributed by atoms with Crippen LogP contribution in [0.25, 0.3) is 0 Å². The number of rotatable bonds is 3. The lowest BCUT2D eigenvalue weighted by Gasteiger charge is -2.38. The SMILES string of the molecule is C=C=CCCC1C(=O)OCC2C(=C)CCC=C(C)CCC21. The van der Waals surface area contributed by atoms with E-state index in [4.69, 9.17) is 4.74 Å². The van der Waals surface area contributed by atoms with Crippen LogP contribution in [0.2, 0.25) is 0 Å². The van der Waals surface area contributed by atoms with Crippen LogP contribution in [0.5, 0.6) is 0 Å². The number of esters is 1. The van der Waals surface area contributed by atoms with E-state index in [9.17, 15) is 4.79 Å². The highest BCUT2D eigenvalue weighted by Crippen LogP contribution is 2.40. The van der Waals surface area contributed by atoms with Crippen molar-refractivity contribution in [1.82, 2.24) is 0 Å². The van der Waals surface area contributed by atoms with Crippen LogP contribution < -0.4 is 0 Å². The second-order valence-electron chi connectivity index (χ2n) is 6.28. The molecule has 0 aromatic rings. The van der Waals surface area contributed by atoms with Crippen molar-refractivity contribution in [2.45, 2.75) is 45.4 Å². The Hall–Kier alpha value is -1.53. The summed E-state index contributed by atoms with van der Waals surface area (Å²) in [5, 5.41) is 0. The molecule has 0 saturated carbocycles. The first-order valence-electron chi connectivity index (χ1n) is 7.97. The molecule has 1 saturated heterocycles. The number of fused-ring (bicyclic) bond motifs is 1. The first-order chi connectivity index (χ1) is 10.1. The van der Waals surface area contributed by atoms with Crippen LogP contribution in [0.4, 0.5) is 0 Å². The summed E-state index contributed by atoms with van der Waals surface area (Å²) in [7, 11) is 0. The Kier molecular flexibility index (Phi) is 5.64. The lowest BCUT2D eigenvalue weighted by atomic mass is 9.72. The number of hydrogen-bond donors (Lipinski definition) is 0. The van der Waals surface area contributed by atoms with Crippen LogP contribution in [-0.4, -0.2) is 12.6 Å². The summed E-state index contributed by atoms with van der Waals surface area (Å²) < 4.78 is 5.46. The van der Waals surface area contributed by atoms with Crippen LogP contribution in [0, 0.1) is 17.8 Å². The Morgan fingerprint density at radius 3 is 3.05 bits per heavy atom. The molecule has 0 radical (unpaired) electrons. The minimum atomic E-state index is -0.0256. The topological polar surface area (TPSA) is 26.3 Å². The fourth-order valence-corrected chi connectivity index (χ4v) is 3.56. The first-order valence-corrected chi connectivity index (χ1v) is 7.97.